The van der Waals surface area contributed by atoms with E-state index in [0.29, 0.717) is 6.42 Å². The Morgan fingerprint density at radius 2 is 1.73 bits per heavy atom. The largest absolute Gasteiger partial charge is 0.462 e. The van der Waals surface area contributed by atoms with E-state index >= 15 is 0 Å². The molecule has 0 amide bonds. The molecule has 0 heterocycles. The molecular formula is C18H34O4. The standard InChI is InChI=1S/C18H34O4/c1-9-10-14(6)15(19)11-16(21-12(2)3)18(7,8)17(20)22-13(4)5/h9,12-16,19H,1,10-11H2,2-8H3. The third-order valence-electron chi connectivity index (χ3n) is 3.76. The molecule has 0 aliphatic rings. The fraction of sp³-hybridized carbons (Fsp3) is 0.833. The molecule has 0 aliphatic heterocycles. The van der Waals surface area contributed by atoms with E-state index in [0.717, 1.165) is 6.42 Å². The number of carbonyl (C=O) groups is 1. The summed E-state index contributed by atoms with van der Waals surface area (Å²) in [4.78, 5) is 12.4. The van der Waals surface area contributed by atoms with Crippen LogP contribution in [-0.4, -0.2) is 35.5 Å². The number of esters is 1. The predicted molar refractivity (Wildman–Crippen MR) is 89.6 cm³/mol. The van der Waals surface area contributed by atoms with Crippen molar-refractivity contribution in [2.24, 2.45) is 11.3 Å². The van der Waals surface area contributed by atoms with Gasteiger partial charge in [-0.1, -0.05) is 13.0 Å². The van der Waals surface area contributed by atoms with Gasteiger partial charge in [-0.2, -0.15) is 0 Å². The Kier molecular flexibility index (Phi) is 8.94. The number of aliphatic hydroxyl groups is 1. The number of hydrogen-bond acceptors (Lipinski definition) is 4. The molecule has 0 aromatic carbocycles. The third-order valence-corrected chi connectivity index (χ3v) is 3.76. The summed E-state index contributed by atoms with van der Waals surface area (Å²) in [6, 6.07) is 0. The summed E-state index contributed by atoms with van der Waals surface area (Å²) in [6.45, 7) is 16.8. The average Bonchev–Trinajstić information content (AvgIpc) is 2.36. The van der Waals surface area contributed by atoms with Crippen molar-refractivity contribution in [3.8, 4) is 0 Å². The molecule has 4 heteroatoms. The van der Waals surface area contributed by atoms with Crippen LogP contribution in [0, 0.1) is 11.3 Å². The van der Waals surface area contributed by atoms with Crippen LogP contribution in [0.3, 0.4) is 0 Å². The zero-order chi connectivity index (χ0) is 17.5. The van der Waals surface area contributed by atoms with Gasteiger partial charge in [-0.25, -0.2) is 0 Å². The van der Waals surface area contributed by atoms with Gasteiger partial charge >= 0.3 is 5.97 Å². The molecule has 0 saturated heterocycles. The molecule has 0 aromatic heterocycles. The highest BCUT2D eigenvalue weighted by Crippen LogP contribution is 2.31. The maximum Gasteiger partial charge on any atom is 0.314 e. The van der Waals surface area contributed by atoms with Gasteiger partial charge in [0.25, 0.3) is 0 Å². The average molecular weight is 314 g/mol. The first-order chi connectivity index (χ1) is 10.0. The van der Waals surface area contributed by atoms with Crippen molar-refractivity contribution < 1.29 is 19.4 Å². The van der Waals surface area contributed by atoms with Crippen LogP contribution in [0.15, 0.2) is 12.7 Å². The van der Waals surface area contributed by atoms with E-state index in [4.69, 9.17) is 9.47 Å². The molecule has 130 valence electrons. The van der Waals surface area contributed by atoms with E-state index in [9.17, 15) is 9.90 Å². The summed E-state index contributed by atoms with van der Waals surface area (Å²) in [5, 5.41) is 10.4. The molecule has 0 fully saturated rings. The van der Waals surface area contributed by atoms with E-state index in [1.807, 2.05) is 48.5 Å². The zero-order valence-electron chi connectivity index (χ0n) is 15.3. The van der Waals surface area contributed by atoms with Crippen LogP contribution >= 0.6 is 0 Å². The van der Waals surface area contributed by atoms with Crippen LogP contribution in [0.1, 0.15) is 61.3 Å². The van der Waals surface area contributed by atoms with Gasteiger partial charge in [-0.3, -0.25) is 4.79 Å². The maximum atomic E-state index is 12.4. The minimum absolute atomic E-state index is 0.0296. The van der Waals surface area contributed by atoms with Crippen molar-refractivity contribution in [2.75, 3.05) is 0 Å². The first-order valence-electron chi connectivity index (χ1n) is 8.17. The van der Waals surface area contributed by atoms with Crippen molar-refractivity contribution in [1.29, 1.82) is 0 Å². The Morgan fingerprint density at radius 3 is 2.14 bits per heavy atom. The zero-order valence-corrected chi connectivity index (χ0v) is 15.3. The predicted octanol–water partition coefficient (Wildman–Crippen LogP) is 3.72. The monoisotopic (exact) mass is 314 g/mol. The van der Waals surface area contributed by atoms with E-state index in [2.05, 4.69) is 6.58 Å². The SMILES string of the molecule is C=CCC(C)C(O)CC(OC(C)C)C(C)(C)C(=O)OC(C)C. The third kappa shape index (κ3) is 6.93. The molecule has 0 bridgehead atoms. The van der Waals surface area contributed by atoms with Crippen molar-refractivity contribution >= 4 is 5.97 Å². The quantitative estimate of drug-likeness (QED) is 0.493. The molecular weight excluding hydrogens is 280 g/mol. The van der Waals surface area contributed by atoms with Crippen LogP contribution in [0.2, 0.25) is 0 Å². The van der Waals surface area contributed by atoms with E-state index in [1.54, 1.807) is 6.08 Å². The van der Waals surface area contributed by atoms with Gasteiger partial charge < -0.3 is 14.6 Å². The molecule has 22 heavy (non-hydrogen) atoms. The number of carbonyl (C=O) groups excluding carboxylic acids is 1. The molecule has 3 unspecified atom stereocenters. The summed E-state index contributed by atoms with van der Waals surface area (Å²) in [5.41, 5.74) is -0.816. The highest BCUT2D eigenvalue weighted by molar-refractivity contribution is 5.76. The number of ether oxygens (including phenoxy) is 2. The van der Waals surface area contributed by atoms with Crippen LogP contribution in [0.5, 0.6) is 0 Å². The van der Waals surface area contributed by atoms with Crippen LogP contribution in [-0.2, 0) is 14.3 Å². The number of hydrogen-bond donors (Lipinski definition) is 1. The van der Waals surface area contributed by atoms with E-state index in [-0.39, 0.29) is 24.1 Å². The normalized spacial score (nSPS) is 16.5. The van der Waals surface area contributed by atoms with Crippen LogP contribution in [0.4, 0.5) is 0 Å². The van der Waals surface area contributed by atoms with Crippen molar-refractivity contribution in [2.45, 2.75) is 85.7 Å². The Balaban J connectivity index is 5.09. The van der Waals surface area contributed by atoms with Gasteiger partial charge in [0.15, 0.2) is 0 Å². The van der Waals surface area contributed by atoms with E-state index in [1.165, 1.54) is 0 Å². The van der Waals surface area contributed by atoms with Gasteiger partial charge in [0.1, 0.15) is 0 Å². The molecule has 0 aliphatic carbocycles. The summed E-state index contributed by atoms with van der Waals surface area (Å²) in [7, 11) is 0. The lowest BCUT2D eigenvalue weighted by atomic mass is 9.81. The highest BCUT2D eigenvalue weighted by Gasteiger charge is 2.41. The Hall–Kier alpha value is -0.870. The Bertz CT molecular complexity index is 347. The van der Waals surface area contributed by atoms with Crippen molar-refractivity contribution in [1.82, 2.24) is 0 Å². The number of aliphatic hydroxyl groups excluding tert-OH is 1. The van der Waals surface area contributed by atoms with Crippen LogP contribution in [0.25, 0.3) is 0 Å². The molecule has 3 atom stereocenters. The lowest BCUT2D eigenvalue weighted by Gasteiger charge is -2.36. The van der Waals surface area contributed by atoms with Crippen molar-refractivity contribution in [3.05, 3.63) is 12.7 Å². The molecule has 0 saturated carbocycles. The molecule has 0 spiro atoms. The first kappa shape index (κ1) is 21.1. The summed E-state index contributed by atoms with van der Waals surface area (Å²) < 4.78 is 11.3. The topological polar surface area (TPSA) is 55.8 Å². The Morgan fingerprint density at radius 1 is 1.18 bits per heavy atom. The molecule has 0 radical (unpaired) electrons. The van der Waals surface area contributed by atoms with Gasteiger partial charge in [0.2, 0.25) is 0 Å². The lowest BCUT2D eigenvalue weighted by molar-refractivity contribution is -0.172. The number of rotatable bonds is 10. The lowest BCUT2D eigenvalue weighted by Crippen LogP contribution is -2.44. The fourth-order valence-electron chi connectivity index (χ4n) is 2.22. The fourth-order valence-corrected chi connectivity index (χ4v) is 2.22. The summed E-state index contributed by atoms with van der Waals surface area (Å²) in [6.07, 6.45) is 1.77. The second kappa shape index (κ2) is 9.31. The molecule has 0 rings (SSSR count). The van der Waals surface area contributed by atoms with Gasteiger partial charge in [-0.15, -0.1) is 6.58 Å². The number of allylic oxidation sites excluding steroid dienone is 1. The molecule has 4 nitrogen and oxygen atoms in total. The van der Waals surface area contributed by atoms with Gasteiger partial charge in [0, 0.05) is 6.42 Å². The second-order valence-corrected chi connectivity index (χ2v) is 7.15. The smallest absolute Gasteiger partial charge is 0.314 e. The maximum absolute atomic E-state index is 12.4. The van der Waals surface area contributed by atoms with Crippen LogP contribution < -0.4 is 0 Å². The highest BCUT2D eigenvalue weighted by atomic mass is 16.5. The molecule has 1 N–H and O–H groups in total. The minimum atomic E-state index is -0.816. The van der Waals surface area contributed by atoms with Crippen molar-refractivity contribution in [3.63, 3.8) is 0 Å². The first-order valence-corrected chi connectivity index (χ1v) is 8.17. The summed E-state index contributed by atoms with van der Waals surface area (Å²) in [5.74, 6) is -0.218. The van der Waals surface area contributed by atoms with E-state index < -0.39 is 17.6 Å². The minimum Gasteiger partial charge on any atom is -0.462 e. The second-order valence-electron chi connectivity index (χ2n) is 7.15. The molecule has 0 aromatic rings. The Labute approximate surface area is 135 Å². The van der Waals surface area contributed by atoms with Gasteiger partial charge in [0.05, 0.1) is 29.8 Å². The summed E-state index contributed by atoms with van der Waals surface area (Å²) >= 11 is 0. The van der Waals surface area contributed by atoms with Gasteiger partial charge in [-0.05, 0) is 53.9 Å².